The summed E-state index contributed by atoms with van der Waals surface area (Å²) in [5.74, 6) is 0. The maximum atomic E-state index is 6.09. The van der Waals surface area contributed by atoms with Crippen LogP contribution in [0.15, 0.2) is 168 Å². The maximum Gasteiger partial charge on any atom is 0.135 e. The van der Waals surface area contributed by atoms with Crippen LogP contribution in [0.5, 0.6) is 0 Å². The van der Waals surface area contributed by atoms with E-state index in [1.165, 1.54) is 44.5 Å². The molecule has 0 unspecified atom stereocenters. The number of rotatable bonds is 5. The molecule has 2 nitrogen and oxygen atoms in total. The van der Waals surface area contributed by atoms with Crippen molar-refractivity contribution in [1.29, 1.82) is 0 Å². The summed E-state index contributed by atoms with van der Waals surface area (Å²) in [4.78, 5) is 2.39. The second-order valence-corrected chi connectivity index (χ2v) is 12.9. The molecule has 2 heteroatoms. The molecule has 0 atom stereocenters. The monoisotopic (exact) mass is 603 g/mol. The molecule has 0 radical (unpaired) electrons. The van der Waals surface area contributed by atoms with Crippen LogP contribution >= 0.6 is 0 Å². The lowest BCUT2D eigenvalue weighted by Crippen LogP contribution is -2.14. The molecular weight excluding hydrogens is 571 g/mol. The molecule has 0 fully saturated rings. The van der Waals surface area contributed by atoms with Crippen LogP contribution in [0.25, 0.3) is 55.3 Å². The van der Waals surface area contributed by atoms with Gasteiger partial charge in [-0.25, -0.2) is 0 Å². The Bertz CT molecular complexity index is 2430. The van der Waals surface area contributed by atoms with Crippen LogP contribution in [0.1, 0.15) is 25.0 Å². The molecule has 0 saturated carbocycles. The smallest absolute Gasteiger partial charge is 0.135 e. The lowest BCUT2D eigenvalue weighted by molar-refractivity contribution is 0.660. The zero-order valence-electron chi connectivity index (χ0n) is 26.4. The highest BCUT2D eigenvalue weighted by atomic mass is 16.3. The van der Waals surface area contributed by atoms with Gasteiger partial charge in [0.15, 0.2) is 0 Å². The van der Waals surface area contributed by atoms with Crippen LogP contribution in [-0.2, 0) is 5.41 Å². The van der Waals surface area contributed by atoms with Crippen LogP contribution < -0.4 is 4.90 Å². The van der Waals surface area contributed by atoms with E-state index in [-0.39, 0.29) is 5.41 Å². The van der Waals surface area contributed by atoms with E-state index in [1.807, 2.05) is 12.1 Å². The van der Waals surface area contributed by atoms with Gasteiger partial charge in [-0.2, -0.15) is 0 Å². The first-order chi connectivity index (χ1) is 23.1. The molecular formula is C45H33NO. The van der Waals surface area contributed by atoms with E-state index in [0.717, 1.165) is 39.0 Å². The molecule has 9 rings (SSSR count). The Morgan fingerprint density at radius 3 is 1.91 bits per heavy atom. The molecule has 1 heterocycles. The molecule has 8 aromatic rings. The van der Waals surface area contributed by atoms with Gasteiger partial charge in [0.05, 0.1) is 5.69 Å². The Balaban J connectivity index is 1.18. The van der Waals surface area contributed by atoms with E-state index in [4.69, 9.17) is 4.42 Å². The Morgan fingerprint density at radius 1 is 0.447 bits per heavy atom. The van der Waals surface area contributed by atoms with Crippen LogP contribution in [-0.4, -0.2) is 0 Å². The molecule has 224 valence electrons. The van der Waals surface area contributed by atoms with Crippen LogP contribution in [0.3, 0.4) is 0 Å². The fourth-order valence-electron chi connectivity index (χ4n) is 7.59. The largest absolute Gasteiger partial charge is 0.456 e. The van der Waals surface area contributed by atoms with Crippen molar-refractivity contribution in [2.45, 2.75) is 19.3 Å². The van der Waals surface area contributed by atoms with Gasteiger partial charge in [0.2, 0.25) is 0 Å². The Labute approximate surface area is 275 Å². The summed E-state index contributed by atoms with van der Waals surface area (Å²) in [5, 5.41) is 2.29. The van der Waals surface area contributed by atoms with E-state index in [1.54, 1.807) is 0 Å². The van der Waals surface area contributed by atoms with Crippen LogP contribution in [0, 0.1) is 0 Å². The van der Waals surface area contributed by atoms with Crippen molar-refractivity contribution < 1.29 is 4.42 Å². The molecule has 7 aromatic carbocycles. The summed E-state index contributed by atoms with van der Waals surface area (Å²) in [7, 11) is 0. The lowest BCUT2D eigenvalue weighted by atomic mass is 9.82. The van der Waals surface area contributed by atoms with Crippen molar-refractivity contribution in [3.63, 3.8) is 0 Å². The van der Waals surface area contributed by atoms with E-state index in [2.05, 4.69) is 170 Å². The van der Waals surface area contributed by atoms with Crippen molar-refractivity contribution in [3.8, 4) is 33.4 Å². The van der Waals surface area contributed by atoms with Gasteiger partial charge in [-0.15, -0.1) is 0 Å². The SMILES string of the molecule is CC1(C)c2ccccc2-c2c(-c3ccccc3N(c3ccccc3)c3ccc(-c4ccc5oc6ccccc6c5c4)cc3)cccc21. The fraction of sp³-hybridized carbons (Fsp3) is 0.0667. The summed E-state index contributed by atoms with van der Waals surface area (Å²) >= 11 is 0. The van der Waals surface area contributed by atoms with Crippen molar-refractivity contribution in [2.75, 3.05) is 4.90 Å². The number of nitrogens with zero attached hydrogens (tertiary/aromatic N) is 1. The maximum absolute atomic E-state index is 6.09. The Hall–Kier alpha value is -5.86. The first-order valence-corrected chi connectivity index (χ1v) is 16.3. The van der Waals surface area contributed by atoms with E-state index in [9.17, 15) is 0 Å². The summed E-state index contributed by atoms with van der Waals surface area (Å²) in [6, 6.07) is 58.9. The average Bonchev–Trinajstić information content (AvgIpc) is 3.61. The third-order valence-corrected chi connectivity index (χ3v) is 9.89. The zero-order valence-corrected chi connectivity index (χ0v) is 26.4. The number of benzene rings is 7. The number of hydrogen-bond acceptors (Lipinski definition) is 2. The fourth-order valence-corrected chi connectivity index (χ4v) is 7.59. The third-order valence-electron chi connectivity index (χ3n) is 9.89. The topological polar surface area (TPSA) is 16.4 Å². The van der Waals surface area contributed by atoms with Crippen molar-refractivity contribution in [2.24, 2.45) is 0 Å². The van der Waals surface area contributed by atoms with Gasteiger partial charge in [0.1, 0.15) is 11.2 Å². The first-order valence-electron chi connectivity index (χ1n) is 16.3. The number of furan rings is 1. The van der Waals surface area contributed by atoms with Crippen molar-refractivity contribution in [1.82, 2.24) is 0 Å². The molecule has 1 aliphatic carbocycles. The van der Waals surface area contributed by atoms with Gasteiger partial charge in [0, 0.05) is 33.1 Å². The molecule has 0 aliphatic heterocycles. The van der Waals surface area contributed by atoms with Gasteiger partial charge in [-0.1, -0.05) is 129 Å². The van der Waals surface area contributed by atoms with Gasteiger partial charge >= 0.3 is 0 Å². The van der Waals surface area contributed by atoms with Crippen molar-refractivity contribution in [3.05, 3.63) is 175 Å². The Morgan fingerprint density at radius 2 is 1.06 bits per heavy atom. The highest BCUT2D eigenvalue weighted by Gasteiger charge is 2.37. The number of anilines is 3. The summed E-state index contributed by atoms with van der Waals surface area (Å²) in [6.07, 6.45) is 0. The predicted molar refractivity (Wildman–Crippen MR) is 197 cm³/mol. The zero-order chi connectivity index (χ0) is 31.5. The van der Waals surface area contributed by atoms with Crippen LogP contribution in [0.4, 0.5) is 17.1 Å². The van der Waals surface area contributed by atoms with Gasteiger partial charge in [0.25, 0.3) is 0 Å². The number of hydrogen-bond donors (Lipinski definition) is 0. The predicted octanol–water partition coefficient (Wildman–Crippen LogP) is 12.7. The third kappa shape index (κ3) is 4.33. The molecule has 47 heavy (non-hydrogen) atoms. The van der Waals surface area contributed by atoms with E-state index in [0.29, 0.717) is 0 Å². The second kappa shape index (κ2) is 10.6. The normalized spacial score (nSPS) is 13.1. The average molecular weight is 604 g/mol. The minimum Gasteiger partial charge on any atom is -0.456 e. The highest BCUT2D eigenvalue weighted by Crippen LogP contribution is 2.53. The van der Waals surface area contributed by atoms with Crippen LogP contribution in [0.2, 0.25) is 0 Å². The first kappa shape index (κ1) is 27.5. The minimum atomic E-state index is -0.0579. The highest BCUT2D eigenvalue weighted by molar-refractivity contribution is 6.06. The lowest BCUT2D eigenvalue weighted by Gasteiger charge is -2.28. The molecule has 1 aromatic heterocycles. The standard InChI is InChI=1S/C45H33NO/c1-45(2)39-19-9-6-17-37(39)44-36(18-12-20-40(44)45)34-15-7-10-21-41(34)46(32-13-4-3-5-14-32)33-26-23-30(24-27-33)31-25-28-43-38(29-31)35-16-8-11-22-42(35)47-43/h3-29H,1-2H3. The molecule has 0 saturated heterocycles. The minimum absolute atomic E-state index is 0.0579. The summed E-state index contributed by atoms with van der Waals surface area (Å²) in [6.45, 7) is 4.69. The Kier molecular flexibility index (Phi) is 6.20. The second-order valence-electron chi connectivity index (χ2n) is 12.9. The quantitative estimate of drug-likeness (QED) is 0.195. The molecule has 0 amide bonds. The number of para-hydroxylation sites is 3. The molecule has 0 bridgehead atoms. The van der Waals surface area contributed by atoms with E-state index < -0.39 is 0 Å². The van der Waals surface area contributed by atoms with Gasteiger partial charge in [-0.05, 0) is 87.5 Å². The van der Waals surface area contributed by atoms with E-state index >= 15 is 0 Å². The van der Waals surface area contributed by atoms with Gasteiger partial charge < -0.3 is 9.32 Å². The summed E-state index contributed by atoms with van der Waals surface area (Å²) in [5.41, 5.74) is 15.4. The number of fused-ring (bicyclic) bond motifs is 6. The molecule has 0 N–H and O–H groups in total. The summed E-state index contributed by atoms with van der Waals surface area (Å²) < 4.78 is 6.09. The van der Waals surface area contributed by atoms with Crippen molar-refractivity contribution >= 4 is 39.0 Å². The molecule has 1 aliphatic rings. The molecule has 0 spiro atoms. The van der Waals surface area contributed by atoms with Gasteiger partial charge in [-0.3, -0.25) is 0 Å².